The number of nitrogens with one attached hydrogen (secondary N) is 1. The molecule has 0 saturated heterocycles. The largest absolute Gasteiger partial charge is 0.398 e. The first-order valence-corrected chi connectivity index (χ1v) is 7.30. The van der Waals surface area contributed by atoms with Crippen molar-refractivity contribution in [3.05, 3.63) is 22.4 Å². The highest BCUT2D eigenvalue weighted by molar-refractivity contribution is 9.10. The van der Waals surface area contributed by atoms with Crippen LogP contribution >= 0.6 is 15.9 Å². The van der Waals surface area contributed by atoms with Gasteiger partial charge in [-0.3, -0.25) is 0 Å². The third-order valence-electron chi connectivity index (χ3n) is 2.06. The Morgan fingerprint density at radius 1 is 1.50 bits per heavy atom. The molecule has 7 heteroatoms. The van der Waals surface area contributed by atoms with Crippen molar-refractivity contribution in [3.63, 3.8) is 0 Å². The predicted molar refractivity (Wildman–Crippen MR) is 71.8 cm³/mol. The second kappa shape index (κ2) is 6.18. The molecule has 0 radical (unpaired) electrons. The van der Waals surface area contributed by atoms with Gasteiger partial charge in [-0.2, -0.15) is 0 Å². The van der Waals surface area contributed by atoms with E-state index in [-0.39, 0.29) is 21.6 Å². The zero-order valence-corrected chi connectivity index (χ0v) is 12.0. The summed E-state index contributed by atoms with van der Waals surface area (Å²) in [7, 11) is -3.75. The summed E-state index contributed by atoms with van der Waals surface area (Å²) in [4.78, 5) is -0.153. The van der Waals surface area contributed by atoms with Gasteiger partial charge in [-0.25, -0.2) is 17.5 Å². The summed E-state index contributed by atoms with van der Waals surface area (Å²) in [5.41, 5.74) is 5.36. The number of anilines is 1. The summed E-state index contributed by atoms with van der Waals surface area (Å²) < 4.78 is 39.3. The quantitative estimate of drug-likeness (QED) is 0.501. The summed E-state index contributed by atoms with van der Waals surface area (Å²) in [6, 6.07) is 2.10. The van der Waals surface area contributed by atoms with Crippen molar-refractivity contribution in [1.82, 2.24) is 4.72 Å². The molecule has 0 spiro atoms. The maximum absolute atomic E-state index is 13.1. The second-order valence-corrected chi connectivity index (χ2v) is 5.97. The molecule has 1 aromatic rings. The third-order valence-corrected chi connectivity index (χ3v) is 4.19. The molecule has 0 saturated carbocycles. The summed E-state index contributed by atoms with van der Waals surface area (Å²) in [6.07, 6.45) is 0.401. The van der Waals surface area contributed by atoms with Crippen molar-refractivity contribution in [2.45, 2.75) is 18.2 Å². The number of benzene rings is 1. The Morgan fingerprint density at radius 2 is 2.17 bits per heavy atom. The average Bonchev–Trinajstić information content (AvgIpc) is 2.29. The molecule has 0 aliphatic heterocycles. The molecule has 0 aliphatic rings. The molecule has 98 valence electrons. The lowest BCUT2D eigenvalue weighted by Crippen LogP contribution is -2.25. The number of rotatable bonds is 4. The van der Waals surface area contributed by atoms with E-state index in [9.17, 15) is 12.8 Å². The van der Waals surface area contributed by atoms with E-state index < -0.39 is 15.8 Å². The standard InChI is InChI=1S/C11H12BrFN2O2S/c1-2-3-4-5-15-18(16,17)11-6-8(12)9(13)7-10(11)14/h6-7,15H,4-5,14H2,1H3. The van der Waals surface area contributed by atoms with Crippen LogP contribution in [-0.4, -0.2) is 15.0 Å². The molecule has 3 N–H and O–H groups in total. The van der Waals surface area contributed by atoms with Crippen molar-refractivity contribution in [2.24, 2.45) is 0 Å². The van der Waals surface area contributed by atoms with E-state index in [1.165, 1.54) is 0 Å². The van der Waals surface area contributed by atoms with Gasteiger partial charge in [-0.15, -0.1) is 11.8 Å². The maximum Gasteiger partial charge on any atom is 0.242 e. The molecular formula is C11H12BrFN2O2S. The van der Waals surface area contributed by atoms with E-state index in [0.29, 0.717) is 6.42 Å². The van der Waals surface area contributed by atoms with Crippen molar-refractivity contribution >= 4 is 31.6 Å². The molecule has 0 bridgehead atoms. The van der Waals surface area contributed by atoms with Crippen molar-refractivity contribution in [3.8, 4) is 11.8 Å². The fraction of sp³-hybridized carbons (Fsp3) is 0.273. The number of halogens is 2. The van der Waals surface area contributed by atoms with Crippen molar-refractivity contribution in [1.29, 1.82) is 0 Å². The predicted octanol–water partition coefficient (Wildman–Crippen LogP) is 1.86. The van der Waals surface area contributed by atoms with Gasteiger partial charge in [0.25, 0.3) is 0 Å². The van der Waals surface area contributed by atoms with E-state index in [1.54, 1.807) is 6.92 Å². The van der Waals surface area contributed by atoms with Crippen LogP contribution in [0.25, 0.3) is 0 Å². The Balaban J connectivity index is 2.97. The molecule has 1 rings (SSSR count). The molecule has 0 unspecified atom stereocenters. The van der Waals surface area contributed by atoms with E-state index in [0.717, 1.165) is 12.1 Å². The normalized spacial score (nSPS) is 10.8. The maximum atomic E-state index is 13.1. The molecule has 18 heavy (non-hydrogen) atoms. The first-order valence-electron chi connectivity index (χ1n) is 5.02. The first-order chi connectivity index (χ1) is 8.38. The van der Waals surface area contributed by atoms with E-state index in [4.69, 9.17) is 5.73 Å². The summed E-state index contributed by atoms with van der Waals surface area (Å²) in [5.74, 6) is 4.78. The van der Waals surface area contributed by atoms with Crippen LogP contribution < -0.4 is 10.5 Å². The van der Waals surface area contributed by atoms with E-state index >= 15 is 0 Å². The van der Waals surface area contributed by atoms with Crippen molar-refractivity contribution < 1.29 is 12.8 Å². The summed E-state index contributed by atoms with van der Waals surface area (Å²) >= 11 is 2.92. The van der Waals surface area contributed by atoms with Gasteiger partial charge in [0.2, 0.25) is 10.0 Å². The number of hydrogen-bond donors (Lipinski definition) is 2. The Labute approximate surface area is 114 Å². The van der Waals surface area contributed by atoms with Gasteiger partial charge in [0.15, 0.2) is 0 Å². The zero-order chi connectivity index (χ0) is 13.8. The Kier molecular flexibility index (Phi) is 5.14. The minimum absolute atomic E-state index is 0.0467. The number of nitrogen functional groups attached to an aromatic ring is 1. The lowest BCUT2D eigenvalue weighted by Gasteiger charge is -2.09. The van der Waals surface area contributed by atoms with Gasteiger partial charge in [0.05, 0.1) is 10.2 Å². The number of nitrogens with two attached hydrogens (primary N) is 1. The minimum atomic E-state index is -3.75. The van der Waals surface area contributed by atoms with Crippen LogP contribution in [0.1, 0.15) is 13.3 Å². The van der Waals surface area contributed by atoms with Crippen LogP contribution in [0.5, 0.6) is 0 Å². The van der Waals surface area contributed by atoms with Gasteiger partial charge in [-0.1, -0.05) is 0 Å². The zero-order valence-electron chi connectivity index (χ0n) is 9.63. The minimum Gasteiger partial charge on any atom is -0.398 e. The topological polar surface area (TPSA) is 72.2 Å². The lowest BCUT2D eigenvalue weighted by molar-refractivity contribution is 0.581. The summed E-state index contributed by atoms with van der Waals surface area (Å²) in [6.45, 7) is 1.85. The molecule has 1 aromatic carbocycles. The van der Waals surface area contributed by atoms with E-state index in [2.05, 4.69) is 32.5 Å². The third kappa shape index (κ3) is 3.70. The molecule has 0 aromatic heterocycles. The molecule has 0 atom stereocenters. The molecule has 0 fully saturated rings. The fourth-order valence-corrected chi connectivity index (χ4v) is 2.89. The Morgan fingerprint density at radius 3 is 2.78 bits per heavy atom. The smallest absolute Gasteiger partial charge is 0.242 e. The molecule has 0 amide bonds. The fourth-order valence-electron chi connectivity index (χ4n) is 1.23. The van der Waals surface area contributed by atoms with Gasteiger partial charge in [-0.05, 0) is 35.0 Å². The van der Waals surface area contributed by atoms with E-state index in [1.807, 2.05) is 0 Å². The first kappa shape index (κ1) is 15.0. The van der Waals surface area contributed by atoms with Crippen LogP contribution in [0.15, 0.2) is 21.5 Å². The van der Waals surface area contributed by atoms with Gasteiger partial charge >= 0.3 is 0 Å². The highest BCUT2D eigenvalue weighted by Gasteiger charge is 2.18. The molecule has 0 aliphatic carbocycles. The highest BCUT2D eigenvalue weighted by Crippen LogP contribution is 2.25. The molecule has 0 heterocycles. The second-order valence-electron chi connectivity index (χ2n) is 3.38. The lowest BCUT2D eigenvalue weighted by atomic mass is 10.3. The SMILES string of the molecule is CC#CCCNS(=O)(=O)c1cc(Br)c(F)cc1N. The van der Waals surface area contributed by atoms with Crippen LogP contribution in [0.4, 0.5) is 10.1 Å². The average molecular weight is 335 g/mol. The Hall–Kier alpha value is -1.10. The summed E-state index contributed by atoms with van der Waals surface area (Å²) in [5, 5.41) is 0. The number of hydrogen-bond acceptors (Lipinski definition) is 3. The van der Waals surface area contributed by atoms with Crippen LogP contribution in [0, 0.1) is 17.7 Å². The number of sulfonamides is 1. The van der Waals surface area contributed by atoms with Crippen LogP contribution in [0.2, 0.25) is 0 Å². The molecular weight excluding hydrogens is 323 g/mol. The van der Waals surface area contributed by atoms with Crippen LogP contribution in [-0.2, 0) is 10.0 Å². The van der Waals surface area contributed by atoms with Gasteiger partial charge in [0, 0.05) is 13.0 Å². The van der Waals surface area contributed by atoms with Gasteiger partial charge < -0.3 is 5.73 Å². The van der Waals surface area contributed by atoms with Gasteiger partial charge in [0.1, 0.15) is 10.7 Å². The molecule has 4 nitrogen and oxygen atoms in total. The van der Waals surface area contributed by atoms with Crippen molar-refractivity contribution in [2.75, 3.05) is 12.3 Å². The van der Waals surface area contributed by atoms with Crippen LogP contribution in [0.3, 0.4) is 0 Å². The highest BCUT2D eigenvalue weighted by atomic mass is 79.9. The monoisotopic (exact) mass is 334 g/mol. The Bertz CT molecular complexity index is 605.